The van der Waals surface area contributed by atoms with Gasteiger partial charge in [-0.2, -0.15) is 13.2 Å². The molecule has 0 saturated carbocycles. The maximum atomic E-state index is 12.7. The molecule has 1 N–H and O–H groups in total. The Balaban J connectivity index is 1.52. The molecule has 2 aromatic carbocycles. The zero-order valence-corrected chi connectivity index (χ0v) is 17.6. The van der Waals surface area contributed by atoms with Crippen LogP contribution in [0.25, 0.3) is 0 Å². The van der Waals surface area contributed by atoms with Gasteiger partial charge in [-0.05, 0) is 23.3 Å². The summed E-state index contributed by atoms with van der Waals surface area (Å²) in [5.74, 6) is 1.64. The van der Waals surface area contributed by atoms with E-state index in [0.29, 0.717) is 25.5 Å². The molecule has 0 aliphatic rings. The Labute approximate surface area is 180 Å². The monoisotopic (exact) mass is 429 g/mol. The highest BCUT2D eigenvalue weighted by Gasteiger charge is 2.29. The van der Waals surface area contributed by atoms with Gasteiger partial charge in [-0.15, -0.1) is 0 Å². The first-order valence-electron chi connectivity index (χ1n) is 9.98. The number of hydrogen-bond donors (Lipinski definition) is 1. The van der Waals surface area contributed by atoms with Crippen LogP contribution >= 0.6 is 0 Å². The van der Waals surface area contributed by atoms with Crippen molar-refractivity contribution in [3.63, 3.8) is 0 Å². The number of imidazole rings is 1. The quantitative estimate of drug-likeness (QED) is 0.452. The molecule has 31 heavy (non-hydrogen) atoms. The van der Waals surface area contributed by atoms with Crippen molar-refractivity contribution in [2.24, 2.45) is 4.99 Å². The normalized spacial score (nSPS) is 12.1. The molecule has 0 atom stereocenters. The molecule has 0 aliphatic heterocycles. The fraction of sp³-hybridized carbons (Fsp3) is 0.304. The van der Waals surface area contributed by atoms with Crippen LogP contribution in [0, 0.1) is 0 Å². The maximum Gasteiger partial charge on any atom is 0.416 e. The van der Waals surface area contributed by atoms with Crippen LogP contribution in [-0.2, 0) is 25.7 Å². The van der Waals surface area contributed by atoms with E-state index in [1.807, 2.05) is 36.3 Å². The molecule has 8 heteroatoms. The Bertz CT molecular complexity index is 978. The summed E-state index contributed by atoms with van der Waals surface area (Å²) in [6.45, 7) is 1.84. The van der Waals surface area contributed by atoms with Gasteiger partial charge >= 0.3 is 6.18 Å². The Morgan fingerprint density at radius 2 is 1.77 bits per heavy atom. The Morgan fingerprint density at radius 1 is 1.06 bits per heavy atom. The van der Waals surface area contributed by atoms with E-state index in [1.165, 1.54) is 17.7 Å². The molecule has 0 bridgehead atoms. The van der Waals surface area contributed by atoms with Crippen LogP contribution in [0.15, 0.2) is 72.0 Å². The number of aromatic nitrogens is 2. The number of alkyl halides is 3. The third kappa shape index (κ3) is 6.34. The van der Waals surface area contributed by atoms with E-state index in [4.69, 9.17) is 0 Å². The van der Waals surface area contributed by atoms with Crippen LogP contribution < -0.4 is 5.32 Å². The molecule has 3 rings (SSSR count). The summed E-state index contributed by atoms with van der Waals surface area (Å²) in [7, 11) is 3.53. The lowest BCUT2D eigenvalue weighted by molar-refractivity contribution is -0.137. The summed E-state index contributed by atoms with van der Waals surface area (Å²) in [5, 5.41) is 3.30. The molecule has 3 aromatic rings. The van der Waals surface area contributed by atoms with Crippen LogP contribution in [-0.4, -0.2) is 41.1 Å². The van der Waals surface area contributed by atoms with Crippen molar-refractivity contribution in [3.05, 3.63) is 89.5 Å². The molecule has 0 unspecified atom stereocenters. The summed E-state index contributed by atoms with van der Waals surface area (Å²) in [5.41, 5.74) is 1.34. The molecule has 0 spiro atoms. The summed E-state index contributed by atoms with van der Waals surface area (Å²) in [6, 6.07) is 15.4. The fourth-order valence-corrected chi connectivity index (χ4v) is 3.31. The largest absolute Gasteiger partial charge is 0.416 e. The molecule has 5 nitrogen and oxygen atoms in total. The van der Waals surface area contributed by atoms with E-state index in [0.717, 1.165) is 30.1 Å². The molecular formula is C23H26F3N5. The lowest BCUT2D eigenvalue weighted by atomic mass is 10.1. The zero-order valence-electron chi connectivity index (χ0n) is 17.6. The van der Waals surface area contributed by atoms with Gasteiger partial charge in [-0.25, -0.2) is 4.98 Å². The standard InChI is InChI=1S/C23H26F3N5/c1-27-22(30(2)16-19-8-10-20(11-9-19)23(24,25)26)29-13-12-21-28-14-15-31(21)17-18-6-4-3-5-7-18/h3-11,14-15H,12-13,16-17H2,1-2H3,(H,27,29). The van der Waals surface area contributed by atoms with Crippen LogP contribution in [0.4, 0.5) is 13.2 Å². The van der Waals surface area contributed by atoms with Gasteiger partial charge in [0.1, 0.15) is 5.82 Å². The van der Waals surface area contributed by atoms with E-state index >= 15 is 0 Å². The average Bonchev–Trinajstić information content (AvgIpc) is 3.18. The second-order valence-corrected chi connectivity index (χ2v) is 7.23. The molecule has 0 aliphatic carbocycles. The third-order valence-electron chi connectivity index (χ3n) is 4.90. The first-order chi connectivity index (χ1) is 14.9. The average molecular weight is 429 g/mol. The van der Waals surface area contributed by atoms with Crippen LogP contribution in [0.5, 0.6) is 0 Å². The minimum atomic E-state index is -4.33. The van der Waals surface area contributed by atoms with Crippen molar-refractivity contribution in [3.8, 4) is 0 Å². The van der Waals surface area contributed by atoms with Crippen molar-refractivity contribution in [2.75, 3.05) is 20.6 Å². The SMILES string of the molecule is CN=C(NCCc1nccn1Cc1ccccc1)N(C)Cc1ccc(C(F)(F)F)cc1. The second kappa shape index (κ2) is 10.1. The third-order valence-corrected chi connectivity index (χ3v) is 4.90. The highest BCUT2D eigenvalue weighted by molar-refractivity contribution is 5.79. The predicted octanol–water partition coefficient (Wildman–Crippen LogP) is 4.20. The summed E-state index contributed by atoms with van der Waals surface area (Å²) < 4.78 is 40.3. The highest BCUT2D eigenvalue weighted by atomic mass is 19.4. The summed E-state index contributed by atoms with van der Waals surface area (Å²) >= 11 is 0. The molecule has 164 valence electrons. The van der Waals surface area contributed by atoms with Crippen LogP contribution in [0.1, 0.15) is 22.5 Å². The minimum Gasteiger partial charge on any atom is -0.356 e. The smallest absolute Gasteiger partial charge is 0.356 e. The van der Waals surface area contributed by atoms with Gasteiger partial charge in [0.25, 0.3) is 0 Å². The number of guanidine groups is 1. The van der Waals surface area contributed by atoms with Crippen molar-refractivity contribution in [1.82, 2.24) is 19.8 Å². The predicted molar refractivity (Wildman–Crippen MR) is 116 cm³/mol. The van der Waals surface area contributed by atoms with Gasteiger partial charge in [-0.1, -0.05) is 42.5 Å². The Kier molecular flexibility index (Phi) is 7.33. The highest BCUT2D eigenvalue weighted by Crippen LogP contribution is 2.29. The number of halogens is 3. The summed E-state index contributed by atoms with van der Waals surface area (Å²) in [6.07, 6.45) is 0.152. The summed E-state index contributed by atoms with van der Waals surface area (Å²) in [4.78, 5) is 10.6. The van der Waals surface area contributed by atoms with E-state index in [9.17, 15) is 13.2 Å². The van der Waals surface area contributed by atoms with Crippen molar-refractivity contribution in [2.45, 2.75) is 25.7 Å². The van der Waals surface area contributed by atoms with Crippen LogP contribution in [0.3, 0.4) is 0 Å². The Morgan fingerprint density at radius 3 is 2.42 bits per heavy atom. The molecule has 1 aromatic heterocycles. The van der Waals surface area contributed by atoms with Crippen molar-refractivity contribution >= 4 is 5.96 Å². The molecule has 0 radical (unpaired) electrons. The Hall–Kier alpha value is -3.29. The zero-order chi connectivity index (χ0) is 22.3. The van der Waals surface area contributed by atoms with E-state index in [-0.39, 0.29) is 0 Å². The first kappa shape index (κ1) is 22.4. The van der Waals surface area contributed by atoms with E-state index in [2.05, 4.69) is 32.0 Å². The number of nitrogens with zero attached hydrogens (tertiary/aromatic N) is 4. The maximum absolute atomic E-state index is 12.7. The lowest BCUT2D eigenvalue weighted by Gasteiger charge is -2.22. The molecular weight excluding hydrogens is 403 g/mol. The van der Waals surface area contributed by atoms with E-state index < -0.39 is 11.7 Å². The van der Waals surface area contributed by atoms with Gasteiger partial charge in [0.2, 0.25) is 0 Å². The number of hydrogen-bond acceptors (Lipinski definition) is 2. The van der Waals surface area contributed by atoms with Gasteiger partial charge < -0.3 is 14.8 Å². The van der Waals surface area contributed by atoms with Crippen molar-refractivity contribution < 1.29 is 13.2 Å². The number of aliphatic imine (C=N–C) groups is 1. The van der Waals surface area contributed by atoms with E-state index in [1.54, 1.807) is 13.2 Å². The molecule has 0 fully saturated rings. The second-order valence-electron chi connectivity index (χ2n) is 7.23. The number of nitrogens with one attached hydrogen (secondary N) is 1. The topological polar surface area (TPSA) is 45.5 Å². The number of rotatable bonds is 7. The van der Waals surface area contributed by atoms with Gasteiger partial charge in [0, 0.05) is 52.5 Å². The van der Waals surface area contributed by atoms with Gasteiger partial charge in [0.15, 0.2) is 5.96 Å². The van der Waals surface area contributed by atoms with Gasteiger partial charge in [-0.3, -0.25) is 4.99 Å². The first-order valence-corrected chi connectivity index (χ1v) is 9.98. The van der Waals surface area contributed by atoms with Crippen LogP contribution in [0.2, 0.25) is 0 Å². The number of benzene rings is 2. The van der Waals surface area contributed by atoms with Crippen molar-refractivity contribution in [1.29, 1.82) is 0 Å². The molecule has 0 amide bonds. The minimum absolute atomic E-state index is 0.445. The molecule has 1 heterocycles. The molecule has 0 saturated heterocycles. The fourth-order valence-electron chi connectivity index (χ4n) is 3.31. The lowest BCUT2D eigenvalue weighted by Crippen LogP contribution is -2.39. The van der Waals surface area contributed by atoms with Gasteiger partial charge in [0.05, 0.1) is 5.56 Å².